The molecule has 0 spiro atoms. The van der Waals surface area contributed by atoms with Gasteiger partial charge in [0.05, 0.1) is 21.1 Å². The number of anilines is 2. The highest BCUT2D eigenvalue weighted by molar-refractivity contribution is 14.1. The summed E-state index contributed by atoms with van der Waals surface area (Å²) in [5.41, 5.74) is 7.01. The van der Waals surface area contributed by atoms with Gasteiger partial charge < -0.3 is 11.1 Å². The molecule has 0 radical (unpaired) electrons. The van der Waals surface area contributed by atoms with Crippen molar-refractivity contribution in [3.8, 4) is 0 Å². The Morgan fingerprint density at radius 3 is 2.89 bits per heavy atom. The summed E-state index contributed by atoms with van der Waals surface area (Å²) in [6, 6.07) is 7.24. The van der Waals surface area contributed by atoms with Gasteiger partial charge in [0, 0.05) is 19.2 Å². The van der Waals surface area contributed by atoms with Gasteiger partial charge in [0.25, 0.3) is 0 Å². The van der Waals surface area contributed by atoms with E-state index < -0.39 is 0 Å². The van der Waals surface area contributed by atoms with Crippen molar-refractivity contribution < 1.29 is 4.79 Å². The Kier molecular flexibility index (Phi) is 4.78. The Morgan fingerprint density at radius 2 is 2.21 bits per heavy atom. The average molecular weight is 370 g/mol. The van der Waals surface area contributed by atoms with E-state index in [-0.39, 0.29) is 5.91 Å². The van der Waals surface area contributed by atoms with Crippen LogP contribution < -0.4 is 11.1 Å². The minimum absolute atomic E-state index is 0.0280. The minimum atomic E-state index is -0.0280. The third kappa shape index (κ3) is 4.23. The molecule has 0 fully saturated rings. The quantitative estimate of drug-likeness (QED) is 0.628. The Bertz CT molecular complexity index is 567. The van der Waals surface area contributed by atoms with Crippen LogP contribution in [0.1, 0.15) is 12.8 Å². The van der Waals surface area contributed by atoms with Crippen LogP contribution >= 0.6 is 22.6 Å². The molecule has 6 heteroatoms. The number of nitrogens with zero attached hydrogens (tertiary/aromatic N) is 2. The molecule has 0 unspecified atom stereocenters. The SMILES string of the molecule is Nc1ccccc1NC(=O)CCCn1cc(I)cn1. The molecule has 0 aliphatic rings. The van der Waals surface area contributed by atoms with E-state index in [4.69, 9.17) is 5.73 Å². The molecule has 1 aromatic heterocycles. The monoisotopic (exact) mass is 370 g/mol. The topological polar surface area (TPSA) is 72.9 Å². The smallest absolute Gasteiger partial charge is 0.224 e. The number of carbonyl (C=O) groups excluding carboxylic acids is 1. The van der Waals surface area contributed by atoms with E-state index in [9.17, 15) is 4.79 Å². The fourth-order valence-electron chi connectivity index (χ4n) is 1.69. The number of carbonyl (C=O) groups is 1. The summed E-state index contributed by atoms with van der Waals surface area (Å²) in [5.74, 6) is -0.0280. The maximum Gasteiger partial charge on any atom is 0.224 e. The molecule has 5 nitrogen and oxygen atoms in total. The summed E-state index contributed by atoms with van der Waals surface area (Å²) in [6.45, 7) is 0.737. The second kappa shape index (κ2) is 6.55. The summed E-state index contributed by atoms with van der Waals surface area (Å²) in [5, 5.41) is 6.97. The number of hydrogen-bond acceptors (Lipinski definition) is 3. The molecule has 1 amide bonds. The molecular formula is C13H15IN4O. The van der Waals surface area contributed by atoms with Gasteiger partial charge in [0.1, 0.15) is 0 Å². The second-order valence-electron chi connectivity index (χ2n) is 4.16. The van der Waals surface area contributed by atoms with E-state index in [0.717, 1.165) is 16.5 Å². The summed E-state index contributed by atoms with van der Waals surface area (Å²) >= 11 is 2.21. The fourth-order valence-corrected chi connectivity index (χ4v) is 2.13. The maximum atomic E-state index is 11.8. The first-order valence-electron chi connectivity index (χ1n) is 5.97. The van der Waals surface area contributed by atoms with Gasteiger partial charge in [-0.25, -0.2) is 0 Å². The van der Waals surface area contributed by atoms with Gasteiger partial charge in [-0.2, -0.15) is 5.10 Å². The molecule has 0 saturated carbocycles. The number of benzene rings is 1. The molecule has 3 N–H and O–H groups in total. The lowest BCUT2D eigenvalue weighted by atomic mass is 10.2. The van der Waals surface area contributed by atoms with Gasteiger partial charge in [0.15, 0.2) is 0 Å². The predicted octanol–water partition coefficient (Wildman–Crippen LogP) is 2.49. The van der Waals surface area contributed by atoms with Crippen LogP contribution in [0.4, 0.5) is 11.4 Å². The maximum absolute atomic E-state index is 11.8. The molecule has 2 rings (SSSR count). The second-order valence-corrected chi connectivity index (χ2v) is 5.41. The molecular weight excluding hydrogens is 355 g/mol. The first-order valence-corrected chi connectivity index (χ1v) is 7.05. The van der Waals surface area contributed by atoms with Crippen molar-refractivity contribution in [1.82, 2.24) is 9.78 Å². The number of rotatable bonds is 5. The molecule has 1 aromatic carbocycles. The van der Waals surface area contributed by atoms with Gasteiger partial charge in [0.2, 0.25) is 5.91 Å². The number of nitrogen functional groups attached to an aromatic ring is 1. The normalized spacial score (nSPS) is 10.4. The molecule has 0 atom stereocenters. The lowest BCUT2D eigenvalue weighted by Gasteiger charge is -2.07. The van der Waals surface area contributed by atoms with Crippen LogP contribution in [-0.2, 0) is 11.3 Å². The number of aromatic nitrogens is 2. The van der Waals surface area contributed by atoms with Crippen LogP contribution in [0.3, 0.4) is 0 Å². The molecule has 0 aliphatic carbocycles. The van der Waals surface area contributed by atoms with E-state index in [0.29, 0.717) is 17.8 Å². The minimum Gasteiger partial charge on any atom is -0.397 e. The molecule has 0 aliphatic heterocycles. The Balaban J connectivity index is 1.77. The van der Waals surface area contributed by atoms with Crippen LogP contribution in [0.2, 0.25) is 0 Å². The van der Waals surface area contributed by atoms with Gasteiger partial charge in [-0.05, 0) is 41.1 Å². The highest BCUT2D eigenvalue weighted by Gasteiger charge is 2.05. The van der Waals surface area contributed by atoms with Crippen molar-refractivity contribution in [2.24, 2.45) is 0 Å². The standard InChI is InChI=1S/C13H15IN4O/c14-10-8-16-18(9-10)7-3-6-13(19)17-12-5-2-1-4-11(12)15/h1-2,4-5,8-9H,3,6-7,15H2,(H,17,19). The van der Waals surface area contributed by atoms with E-state index in [2.05, 4.69) is 33.0 Å². The average Bonchev–Trinajstić information content (AvgIpc) is 2.78. The van der Waals surface area contributed by atoms with Crippen LogP contribution in [0, 0.1) is 3.57 Å². The van der Waals surface area contributed by atoms with Crippen LogP contribution in [0.25, 0.3) is 0 Å². The molecule has 0 saturated heterocycles. The largest absolute Gasteiger partial charge is 0.397 e. The van der Waals surface area contributed by atoms with Crippen LogP contribution in [0.15, 0.2) is 36.7 Å². The van der Waals surface area contributed by atoms with Crippen molar-refractivity contribution in [3.05, 3.63) is 40.2 Å². The van der Waals surface area contributed by atoms with Crippen molar-refractivity contribution in [2.75, 3.05) is 11.1 Å². The summed E-state index contributed by atoms with van der Waals surface area (Å²) in [7, 11) is 0. The number of aryl methyl sites for hydroxylation is 1. The third-order valence-electron chi connectivity index (χ3n) is 2.63. The zero-order valence-corrected chi connectivity index (χ0v) is 12.5. The van der Waals surface area contributed by atoms with E-state index in [1.165, 1.54) is 0 Å². The van der Waals surface area contributed by atoms with Crippen molar-refractivity contribution >= 4 is 39.9 Å². The number of nitrogens with two attached hydrogens (primary N) is 1. The Morgan fingerprint density at radius 1 is 1.42 bits per heavy atom. The number of halogens is 1. The molecule has 0 bridgehead atoms. The number of nitrogens with one attached hydrogen (secondary N) is 1. The molecule has 100 valence electrons. The zero-order valence-electron chi connectivity index (χ0n) is 10.3. The van der Waals surface area contributed by atoms with Crippen molar-refractivity contribution in [3.63, 3.8) is 0 Å². The van der Waals surface area contributed by atoms with Gasteiger partial charge >= 0.3 is 0 Å². The highest BCUT2D eigenvalue weighted by Crippen LogP contribution is 2.17. The van der Waals surface area contributed by atoms with Gasteiger partial charge in [-0.1, -0.05) is 12.1 Å². The van der Waals surface area contributed by atoms with Crippen LogP contribution in [-0.4, -0.2) is 15.7 Å². The zero-order chi connectivity index (χ0) is 13.7. The summed E-state index contributed by atoms with van der Waals surface area (Å²) in [4.78, 5) is 11.8. The summed E-state index contributed by atoms with van der Waals surface area (Å²) < 4.78 is 2.94. The van der Waals surface area contributed by atoms with E-state index in [1.807, 2.05) is 23.0 Å². The first kappa shape index (κ1) is 13.9. The van der Waals surface area contributed by atoms with E-state index >= 15 is 0 Å². The number of para-hydroxylation sites is 2. The summed E-state index contributed by atoms with van der Waals surface area (Å²) in [6.07, 6.45) is 4.94. The van der Waals surface area contributed by atoms with Crippen LogP contribution in [0.5, 0.6) is 0 Å². The molecule has 2 aromatic rings. The molecule has 19 heavy (non-hydrogen) atoms. The number of hydrogen-bond donors (Lipinski definition) is 2. The van der Waals surface area contributed by atoms with Gasteiger partial charge in [-0.15, -0.1) is 0 Å². The molecule has 1 heterocycles. The Labute approximate surface area is 125 Å². The highest BCUT2D eigenvalue weighted by atomic mass is 127. The predicted molar refractivity (Wildman–Crippen MR) is 83.7 cm³/mol. The lowest BCUT2D eigenvalue weighted by molar-refractivity contribution is -0.116. The fraction of sp³-hybridized carbons (Fsp3) is 0.231. The van der Waals surface area contributed by atoms with Crippen molar-refractivity contribution in [2.45, 2.75) is 19.4 Å². The Hall–Kier alpha value is -1.57. The third-order valence-corrected chi connectivity index (χ3v) is 3.18. The lowest BCUT2D eigenvalue weighted by Crippen LogP contribution is -2.13. The van der Waals surface area contributed by atoms with Gasteiger partial charge in [-0.3, -0.25) is 9.48 Å². The number of amides is 1. The van der Waals surface area contributed by atoms with E-state index in [1.54, 1.807) is 18.3 Å². The van der Waals surface area contributed by atoms with Crippen molar-refractivity contribution in [1.29, 1.82) is 0 Å². The first-order chi connectivity index (χ1) is 9.15.